The van der Waals surface area contributed by atoms with E-state index in [4.69, 9.17) is 14.1 Å². The summed E-state index contributed by atoms with van der Waals surface area (Å²) in [6.07, 6.45) is 0. The first-order chi connectivity index (χ1) is 25.8. The first-order valence-electron chi connectivity index (χ1n) is 17.7. The van der Waals surface area contributed by atoms with Gasteiger partial charge in [0.25, 0.3) is 0 Å². The van der Waals surface area contributed by atoms with Crippen LogP contribution in [0, 0.1) is 0 Å². The highest BCUT2D eigenvalue weighted by Crippen LogP contribution is 2.46. The van der Waals surface area contributed by atoms with Crippen LogP contribution in [0.1, 0.15) is 22.7 Å². The van der Waals surface area contributed by atoms with Crippen molar-refractivity contribution in [3.05, 3.63) is 192 Å². The maximum Gasteiger partial charge on any atom is 0.157 e. The van der Waals surface area contributed by atoms with Gasteiger partial charge in [-0.15, -0.1) is 0 Å². The van der Waals surface area contributed by atoms with Crippen LogP contribution < -0.4 is 10.1 Å². The van der Waals surface area contributed by atoms with Crippen LogP contribution in [0.3, 0.4) is 0 Å². The highest BCUT2D eigenvalue weighted by Gasteiger charge is 2.37. The molecule has 0 radical (unpaired) electrons. The second-order valence-electron chi connectivity index (χ2n) is 13.5. The van der Waals surface area contributed by atoms with Gasteiger partial charge in [0.15, 0.2) is 5.76 Å². The molecule has 1 N–H and O–H groups in total. The molecule has 244 valence electrons. The van der Waals surface area contributed by atoms with E-state index in [1.807, 2.05) is 30.3 Å². The van der Waals surface area contributed by atoms with Gasteiger partial charge in [0.05, 0.1) is 0 Å². The van der Waals surface area contributed by atoms with Crippen molar-refractivity contribution in [2.45, 2.75) is 6.04 Å². The summed E-state index contributed by atoms with van der Waals surface area (Å²) in [5.41, 5.74) is 10.0. The minimum atomic E-state index is -0.211. The summed E-state index contributed by atoms with van der Waals surface area (Å²) in [7, 11) is 0. The quantitative estimate of drug-likeness (QED) is 0.190. The van der Waals surface area contributed by atoms with E-state index in [-0.39, 0.29) is 6.04 Å². The summed E-state index contributed by atoms with van der Waals surface area (Å²) >= 11 is 0. The Morgan fingerprint density at radius 1 is 0.481 bits per heavy atom. The molecule has 0 saturated heterocycles. The second kappa shape index (κ2) is 11.3. The van der Waals surface area contributed by atoms with Gasteiger partial charge in [-0.05, 0) is 80.2 Å². The molecule has 0 aliphatic carbocycles. The van der Waals surface area contributed by atoms with Gasteiger partial charge in [0.1, 0.15) is 34.5 Å². The summed E-state index contributed by atoms with van der Waals surface area (Å²) < 4.78 is 13.3. The van der Waals surface area contributed by atoms with E-state index in [0.29, 0.717) is 0 Å². The third-order valence-corrected chi connectivity index (χ3v) is 10.5. The zero-order valence-electron chi connectivity index (χ0n) is 28.0. The maximum absolute atomic E-state index is 6.65. The maximum atomic E-state index is 6.65. The average molecular weight is 667 g/mol. The molecule has 1 unspecified atom stereocenters. The molecule has 0 amide bonds. The van der Waals surface area contributed by atoms with Gasteiger partial charge in [-0.3, -0.25) is 0 Å². The van der Waals surface area contributed by atoms with Crippen molar-refractivity contribution in [1.29, 1.82) is 0 Å². The minimum absolute atomic E-state index is 0.211. The average Bonchev–Trinajstić information content (AvgIpc) is 3.79. The van der Waals surface area contributed by atoms with Gasteiger partial charge < -0.3 is 14.5 Å². The van der Waals surface area contributed by atoms with E-state index in [2.05, 4.69) is 145 Å². The molecule has 1 aromatic heterocycles. The number of aliphatic imine (C=N–C) groups is 1. The molecule has 3 heterocycles. The van der Waals surface area contributed by atoms with Crippen molar-refractivity contribution >= 4 is 55.0 Å². The van der Waals surface area contributed by atoms with Gasteiger partial charge in [-0.2, -0.15) is 0 Å². The van der Waals surface area contributed by atoms with Crippen LogP contribution in [0.2, 0.25) is 0 Å². The SMILES string of the molecule is c1ccc(-c2cccc(C3=C4Oc5ccccc5C4NC(c4cc(-c5cc6ccccc6c6ccccc56)cc5oc6ccccc6c45)=N3)c2)cc1. The molecule has 2 aliphatic rings. The minimum Gasteiger partial charge on any atom is -0.456 e. The molecule has 9 aromatic rings. The first-order valence-corrected chi connectivity index (χ1v) is 17.7. The number of fused-ring (bicyclic) bond motifs is 9. The van der Waals surface area contributed by atoms with Gasteiger partial charge in [0.2, 0.25) is 0 Å². The first kappa shape index (κ1) is 28.9. The number of hydrogen-bond donors (Lipinski definition) is 1. The van der Waals surface area contributed by atoms with E-state index < -0.39 is 0 Å². The fraction of sp³-hybridized carbons (Fsp3) is 0.0208. The van der Waals surface area contributed by atoms with Crippen molar-refractivity contribution in [2.24, 2.45) is 4.99 Å². The Kier molecular flexibility index (Phi) is 6.28. The summed E-state index contributed by atoms with van der Waals surface area (Å²) in [5, 5.41) is 10.8. The topological polar surface area (TPSA) is 46.8 Å². The molecular formula is C48H30N2O2. The molecule has 2 aliphatic heterocycles. The number of hydrogen-bond acceptors (Lipinski definition) is 4. The summed E-state index contributed by atoms with van der Waals surface area (Å²) in [6, 6.07) is 59.5. The molecule has 52 heavy (non-hydrogen) atoms. The number of rotatable bonds is 4. The molecule has 0 saturated carbocycles. The van der Waals surface area contributed by atoms with Crippen molar-refractivity contribution in [2.75, 3.05) is 0 Å². The lowest BCUT2D eigenvalue weighted by molar-refractivity contribution is 0.420. The van der Waals surface area contributed by atoms with Crippen LogP contribution in [0.5, 0.6) is 5.75 Å². The molecule has 4 nitrogen and oxygen atoms in total. The van der Waals surface area contributed by atoms with Crippen LogP contribution in [0.4, 0.5) is 0 Å². The fourth-order valence-corrected chi connectivity index (χ4v) is 8.11. The lowest BCUT2D eigenvalue weighted by Crippen LogP contribution is -2.33. The Bertz CT molecular complexity index is 2970. The monoisotopic (exact) mass is 666 g/mol. The number of furan rings is 1. The van der Waals surface area contributed by atoms with Crippen molar-refractivity contribution < 1.29 is 9.15 Å². The Balaban J connectivity index is 1.18. The second-order valence-corrected chi connectivity index (χ2v) is 13.5. The molecule has 11 rings (SSSR count). The number of nitrogens with one attached hydrogen (secondary N) is 1. The van der Waals surface area contributed by atoms with Crippen molar-refractivity contribution in [3.63, 3.8) is 0 Å². The number of ether oxygens (including phenoxy) is 1. The molecule has 0 bridgehead atoms. The van der Waals surface area contributed by atoms with Crippen LogP contribution in [0.25, 0.3) is 71.4 Å². The molecular weight excluding hydrogens is 637 g/mol. The summed E-state index contributed by atoms with van der Waals surface area (Å²) in [6.45, 7) is 0. The van der Waals surface area contributed by atoms with Crippen LogP contribution in [0.15, 0.2) is 185 Å². The predicted octanol–water partition coefficient (Wildman–Crippen LogP) is 12.1. The molecule has 8 aromatic carbocycles. The molecule has 0 spiro atoms. The third-order valence-electron chi connectivity index (χ3n) is 10.5. The van der Waals surface area contributed by atoms with Crippen molar-refractivity contribution in [1.82, 2.24) is 5.32 Å². The van der Waals surface area contributed by atoms with E-state index >= 15 is 0 Å². The van der Waals surface area contributed by atoms with Crippen LogP contribution in [-0.4, -0.2) is 5.84 Å². The number of benzene rings is 8. The molecule has 0 fully saturated rings. The van der Waals surface area contributed by atoms with E-state index in [1.54, 1.807) is 0 Å². The van der Waals surface area contributed by atoms with Gasteiger partial charge in [0, 0.05) is 27.5 Å². The highest BCUT2D eigenvalue weighted by molar-refractivity contribution is 6.21. The van der Waals surface area contributed by atoms with E-state index in [1.165, 1.54) is 21.5 Å². The number of para-hydroxylation sites is 2. The van der Waals surface area contributed by atoms with E-state index in [0.717, 1.165) is 83.9 Å². The van der Waals surface area contributed by atoms with Crippen molar-refractivity contribution in [3.8, 4) is 28.0 Å². The number of amidine groups is 1. The summed E-state index contributed by atoms with van der Waals surface area (Å²) in [5.74, 6) is 2.43. The Morgan fingerprint density at radius 3 is 2.10 bits per heavy atom. The zero-order chi connectivity index (χ0) is 34.2. The summed E-state index contributed by atoms with van der Waals surface area (Å²) in [4.78, 5) is 5.48. The normalized spacial score (nSPS) is 15.1. The highest BCUT2D eigenvalue weighted by atomic mass is 16.5. The largest absolute Gasteiger partial charge is 0.456 e. The predicted molar refractivity (Wildman–Crippen MR) is 212 cm³/mol. The zero-order valence-corrected chi connectivity index (χ0v) is 28.0. The lowest BCUT2D eigenvalue weighted by Gasteiger charge is -2.25. The molecule has 1 atom stereocenters. The van der Waals surface area contributed by atoms with Gasteiger partial charge in [-0.1, -0.05) is 133 Å². The Hall–Kier alpha value is -6.91. The third kappa shape index (κ3) is 4.44. The Morgan fingerprint density at radius 2 is 1.19 bits per heavy atom. The van der Waals surface area contributed by atoms with Gasteiger partial charge >= 0.3 is 0 Å². The lowest BCUT2D eigenvalue weighted by atomic mass is 9.91. The van der Waals surface area contributed by atoms with E-state index in [9.17, 15) is 0 Å². The smallest absolute Gasteiger partial charge is 0.157 e. The van der Waals surface area contributed by atoms with Crippen LogP contribution in [-0.2, 0) is 0 Å². The fourth-order valence-electron chi connectivity index (χ4n) is 8.11. The van der Waals surface area contributed by atoms with Crippen LogP contribution >= 0.6 is 0 Å². The Labute approximate surface area is 299 Å². The molecule has 4 heteroatoms. The van der Waals surface area contributed by atoms with Gasteiger partial charge in [-0.25, -0.2) is 4.99 Å². The standard InChI is InChI=1S/C48H30N2O2/c1-2-13-29(14-3-1)30-16-12-17-32(25-30)45-47-46(38-22-9-11-24-42(38)52-47)50-48(49-45)40-27-33(28-43-44(40)37-21-8-10-23-41(37)51-43)39-26-31-15-4-5-18-34(31)35-19-6-7-20-36(35)39/h1-28,46H,(H,49,50). The number of nitrogens with zero attached hydrogens (tertiary/aromatic N) is 1.